The van der Waals surface area contributed by atoms with Crippen molar-refractivity contribution < 1.29 is 4.74 Å². The molecule has 0 fully saturated rings. The summed E-state index contributed by atoms with van der Waals surface area (Å²) in [7, 11) is 0. The average Bonchev–Trinajstić information content (AvgIpc) is 2.27. The van der Waals surface area contributed by atoms with Crippen LogP contribution in [0.4, 0.5) is 5.69 Å². The Morgan fingerprint density at radius 2 is 1.94 bits per heavy atom. The number of anilines is 1. The van der Waals surface area contributed by atoms with Crippen molar-refractivity contribution in [1.82, 2.24) is 0 Å². The van der Waals surface area contributed by atoms with Gasteiger partial charge in [-0.05, 0) is 30.5 Å². The predicted octanol–water partition coefficient (Wildman–Crippen LogP) is 4.47. The molecule has 0 saturated carbocycles. The van der Waals surface area contributed by atoms with E-state index < -0.39 is 0 Å². The molecule has 0 heterocycles. The van der Waals surface area contributed by atoms with Gasteiger partial charge < -0.3 is 10.1 Å². The third-order valence-electron chi connectivity index (χ3n) is 2.33. The summed E-state index contributed by atoms with van der Waals surface area (Å²) in [5, 5.41) is 4.37. The van der Waals surface area contributed by atoms with Crippen LogP contribution in [0.15, 0.2) is 18.2 Å². The van der Waals surface area contributed by atoms with Gasteiger partial charge in [0.1, 0.15) is 0 Å². The molecule has 0 radical (unpaired) electrons. The van der Waals surface area contributed by atoms with E-state index in [1.165, 1.54) is 0 Å². The summed E-state index contributed by atoms with van der Waals surface area (Å²) < 4.78 is 5.50. The number of nitrogens with one attached hydrogen (secondary N) is 1. The molecule has 1 N–H and O–H groups in total. The SMILES string of the molecule is CC(C)CCOCCNc1ccc(Cl)c(Cl)c1. The van der Waals surface area contributed by atoms with Gasteiger partial charge in [-0.15, -0.1) is 0 Å². The quantitative estimate of drug-likeness (QED) is 0.742. The number of benzene rings is 1. The van der Waals surface area contributed by atoms with Gasteiger partial charge in [0.15, 0.2) is 0 Å². The molecule has 1 rings (SSSR count). The van der Waals surface area contributed by atoms with Crippen LogP contribution in [0, 0.1) is 5.92 Å². The van der Waals surface area contributed by atoms with Gasteiger partial charge in [-0.25, -0.2) is 0 Å². The van der Waals surface area contributed by atoms with Crippen molar-refractivity contribution in [2.24, 2.45) is 5.92 Å². The molecule has 0 aliphatic rings. The fourth-order valence-electron chi connectivity index (χ4n) is 1.29. The first-order valence-corrected chi connectivity index (χ1v) is 6.62. The predicted molar refractivity (Wildman–Crippen MR) is 75.2 cm³/mol. The van der Waals surface area contributed by atoms with Crippen LogP contribution in [-0.2, 0) is 4.74 Å². The molecule has 17 heavy (non-hydrogen) atoms. The van der Waals surface area contributed by atoms with Crippen LogP contribution < -0.4 is 5.32 Å². The smallest absolute Gasteiger partial charge is 0.0639 e. The van der Waals surface area contributed by atoms with Crippen LogP contribution in [0.5, 0.6) is 0 Å². The molecule has 2 nitrogen and oxygen atoms in total. The van der Waals surface area contributed by atoms with Gasteiger partial charge >= 0.3 is 0 Å². The average molecular weight is 276 g/mol. The minimum Gasteiger partial charge on any atom is -0.383 e. The maximum Gasteiger partial charge on any atom is 0.0639 e. The van der Waals surface area contributed by atoms with Crippen molar-refractivity contribution in [2.45, 2.75) is 20.3 Å². The Labute approximate surface area is 113 Å². The monoisotopic (exact) mass is 275 g/mol. The lowest BCUT2D eigenvalue weighted by atomic mass is 10.1. The number of hydrogen-bond acceptors (Lipinski definition) is 2. The van der Waals surface area contributed by atoms with E-state index in [4.69, 9.17) is 27.9 Å². The lowest BCUT2D eigenvalue weighted by Crippen LogP contribution is -2.10. The minimum atomic E-state index is 0.567. The van der Waals surface area contributed by atoms with Crippen molar-refractivity contribution in [3.63, 3.8) is 0 Å². The summed E-state index contributed by atoms with van der Waals surface area (Å²) in [5.74, 6) is 0.693. The largest absolute Gasteiger partial charge is 0.383 e. The Balaban J connectivity index is 2.16. The molecule has 0 saturated heterocycles. The summed E-state index contributed by atoms with van der Waals surface area (Å²) in [6.07, 6.45) is 1.10. The summed E-state index contributed by atoms with van der Waals surface area (Å²) in [6.45, 7) is 6.68. The van der Waals surface area contributed by atoms with Gasteiger partial charge in [0.2, 0.25) is 0 Å². The van der Waals surface area contributed by atoms with Crippen LogP contribution in [0.2, 0.25) is 10.0 Å². The van der Waals surface area contributed by atoms with E-state index in [0.29, 0.717) is 22.6 Å². The van der Waals surface area contributed by atoms with E-state index in [0.717, 1.165) is 25.3 Å². The van der Waals surface area contributed by atoms with E-state index in [2.05, 4.69) is 19.2 Å². The zero-order valence-electron chi connectivity index (χ0n) is 10.3. The summed E-state index contributed by atoms with van der Waals surface area (Å²) in [4.78, 5) is 0. The molecule has 96 valence electrons. The molecule has 0 aliphatic carbocycles. The van der Waals surface area contributed by atoms with E-state index in [-0.39, 0.29) is 0 Å². The van der Waals surface area contributed by atoms with Crippen LogP contribution in [-0.4, -0.2) is 19.8 Å². The molecule has 0 aromatic heterocycles. The van der Waals surface area contributed by atoms with E-state index in [1.54, 1.807) is 6.07 Å². The van der Waals surface area contributed by atoms with Crippen LogP contribution in [0.1, 0.15) is 20.3 Å². The second-order valence-electron chi connectivity index (χ2n) is 4.35. The normalized spacial score (nSPS) is 10.9. The summed E-state index contributed by atoms with van der Waals surface area (Å²) in [6, 6.07) is 5.51. The van der Waals surface area contributed by atoms with Gasteiger partial charge in [-0.2, -0.15) is 0 Å². The first-order chi connectivity index (χ1) is 8.09. The van der Waals surface area contributed by atoms with Gasteiger partial charge in [-0.3, -0.25) is 0 Å². The molecule has 0 atom stereocenters. The van der Waals surface area contributed by atoms with E-state index in [1.807, 2.05) is 12.1 Å². The number of halogens is 2. The number of hydrogen-bond donors (Lipinski definition) is 1. The fraction of sp³-hybridized carbons (Fsp3) is 0.538. The highest BCUT2D eigenvalue weighted by Crippen LogP contribution is 2.24. The van der Waals surface area contributed by atoms with Crippen molar-refractivity contribution in [3.05, 3.63) is 28.2 Å². The fourth-order valence-corrected chi connectivity index (χ4v) is 1.59. The third kappa shape index (κ3) is 6.16. The van der Waals surface area contributed by atoms with E-state index >= 15 is 0 Å². The second-order valence-corrected chi connectivity index (χ2v) is 5.16. The molecular weight excluding hydrogens is 257 g/mol. The summed E-state index contributed by atoms with van der Waals surface area (Å²) >= 11 is 11.7. The van der Waals surface area contributed by atoms with Gasteiger partial charge in [0.05, 0.1) is 16.7 Å². The highest BCUT2D eigenvalue weighted by molar-refractivity contribution is 6.42. The van der Waals surface area contributed by atoms with Gasteiger partial charge in [0.25, 0.3) is 0 Å². The first kappa shape index (κ1) is 14.6. The Bertz CT molecular complexity index is 342. The number of rotatable bonds is 7. The molecule has 0 unspecified atom stereocenters. The van der Waals surface area contributed by atoms with Crippen molar-refractivity contribution >= 4 is 28.9 Å². The Kier molecular flexibility index (Phi) is 6.71. The highest BCUT2D eigenvalue weighted by atomic mass is 35.5. The standard InChI is InChI=1S/C13H19Cl2NO/c1-10(2)5-7-17-8-6-16-11-3-4-12(14)13(15)9-11/h3-4,9-10,16H,5-8H2,1-2H3. The van der Waals surface area contributed by atoms with E-state index in [9.17, 15) is 0 Å². The molecule has 1 aromatic carbocycles. The maximum absolute atomic E-state index is 5.91. The van der Waals surface area contributed by atoms with Gasteiger partial charge in [0, 0.05) is 18.8 Å². The second kappa shape index (κ2) is 7.80. The number of ether oxygens (including phenoxy) is 1. The lowest BCUT2D eigenvalue weighted by Gasteiger charge is -2.09. The van der Waals surface area contributed by atoms with Crippen molar-refractivity contribution in [1.29, 1.82) is 0 Å². The molecule has 0 spiro atoms. The van der Waals surface area contributed by atoms with Crippen molar-refractivity contribution in [3.8, 4) is 0 Å². The minimum absolute atomic E-state index is 0.567. The Hall–Kier alpha value is -0.440. The Morgan fingerprint density at radius 3 is 2.59 bits per heavy atom. The zero-order chi connectivity index (χ0) is 12.7. The molecule has 0 amide bonds. The topological polar surface area (TPSA) is 21.3 Å². The molecule has 0 aliphatic heterocycles. The molecule has 4 heteroatoms. The lowest BCUT2D eigenvalue weighted by molar-refractivity contribution is 0.132. The third-order valence-corrected chi connectivity index (χ3v) is 3.07. The van der Waals surface area contributed by atoms with Crippen LogP contribution >= 0.6 is 23.2 Å². The van der Waals surface area contributed by atoms with Gasteiger partial charge in [-0.1, -0.05) is 37.0 Å². The molecule has 1 aromatic rings. The Morgan fingerprint density at radius 1 is 1.18 bits per heavy atom. The zero-order valence-corrected chi connectivity index (χ0v) is 11.8. The van der Waals surface area contributed by atoms with Crippen molar-refractivity contribution in [2.75, 3.05) is 25.1 Å². The van der Waals surface area contributed by atoms with Crippen LogP contribution in [0.25, 0.3) is 0 Å². The molecule has 0 bridgehead atoms. The molecular formula is C13H19Cl2NO. The highest BCUT2D eigenvalue weighted by Gasteiger charge is 1.99. The summed E-state index contributed by atoms with van der Waals surface area (Å²) in [5.41, 5.74) is 0.965. The first-order valence-electron chi connectivity index (χ1n) is 5.86. The maximum atomic E-state index is 5.91. The van der Waals surface area contributed by atoms with Crippen LogP contribution in [0.3, 0.4) is 0 Å².